The molecule has 0 unspecified atom stereocenters. The number of hydrogen-bond donors (Lipinski definition) is 1. The fraction of sp³-hybridized carbons (Fsp3) is 0.467. The van der Waals surface area contributed by atoms with Gasteiger partial charge in [0.05, 0.1) is 5.60 Å². The Morgan fingerprint density at radius 2 is 1.82 bits per heavy atom. The van der Waals surface area contributed by atoms with Gasteiger partial charge in [-0.2, -0.15) is 0 Å². The summed E-state index contributed by atoms with van der Waals surface area (Å²) in [6.45, 7) is 10.2. The van der Waals surface area contributed by atoms with Crippen molar-refractivity contribution in [1.29, 1.82) is 0 Å². The molecule has 17 heavy (non-hydrogen) atoms. The van der Waals surface area contributed by atoms with Crippen molar-refractivity contribution in [1.82, 2.24) is 4.57 Å². The third-order valence-corrected chi connectivity index (χ3v) is 3.25. The van der Waals surface area contributed by atoms with Crippen LogP contribution in [-0.4, -0.2) is 9.67 Å². The molecule has 1 N–H and O–H groups in total. The lowest BCUT2D eigenvalue weighted by Crippen LogP contribution is -2.15. The Labute approximate surface area is 103 Å². The SMILES string of the molecule is Cc1cc2cc(C(C)(C)O)ccc2n1C(C)C. The lowest BCUT2D eigenvalue weighted by atomic mass is 9.97. The van der Waals surface area contributed by atoms with Gasteiger partial charge < -0.3 is 9.67 Å². The first-order chi connectivity index (χ1) is 7.80. The molecule has 0 aliphatic heterocycles. The summed E-state index contributed by atoms with van der Waals surface area (Å²) < 4.78 is 2.32. The second-order valence-electron chi connectivity index (χ2n) is 5.58. The number of benzene rings is 1. The van der Waals surface area contributed by atoms with Gasteiger partial charge in [-0.25, -0.2) is 0 Å². The number of rotatable bonds is 2. The van der Waals surface area contributed by atoms with Crippen LogP contribution in [0.1, 0.15) is 45.0 Å². The van der Waals surface area contributed by atoms with Crippen LogP contribution in [0.15, 0.2) is 24.3 Å². The highest BCUT2D eigenvalue weighted by Gasteiger charge is 2.17. The molecule has 2 nitrogen and oxygen atoms in total. The average molecular weight is 231 g/mol. The van der Waals surface area contributed by atoms with Gasteiger partial charge in [0.2, 0.25) is 0 Å². The first-order valence-electron chi connectivity index (χ1n) is 6.15. The first-order valence-corrected chi connectivity index (χ1v) is 6.15. The zero-order valence-electron chi connectivity index (χ0n) is 11.3. The van der Waals surface area contributed by atoms with E-state index in [0.717, 1.165) is 5.56 Å². The molecule has 0 spiro atoms. The Hall–Kier alpha value is -1.28. The fourth-order valence-electron chi connectivity index (χ4n) is 2.44. The van der Waals surface area contributed by atoms with Crippen LogP contribution in [0.5, 0.6) is 0 Å². The van der Waals surface area contributed by atoms with Crippen molar-refractivity contribution in [2.45, 2.75) is 46.3 Å². The molecule has 0 saturated carbocycles. The Bertz CT molecular complexity index is 544. The Kier molecular flexibility index (Phi) is 2.78. The minimum absolute atomic E-state index is 0.459. The summed E-state index contributed by atoms with van der Waals surface area (Å²) in [5.74, 6) is 0. The quantitative estimate of drug-likeness (QED) is 0.836. The van der Waals surface area contributed by atoms with Crippen LogP contribution in [0.4, 0.5) is 0 Å². The first kappa shape index (κ1) is 12.2. The number of aromatic nitrogens is 1. The maximum absolute atomic E-state index is 10.0. The van der Waals surface area contributed by atoms with Gasteiger partial charge in [-0.15, -0.1) is 0 Å². The maximum atomic E-state index is 10.0. The highest BCUT2D eigenvalue weighted by molar-refractivity contribution is 5.82. The lowest BCUT2D eigenvalue weighted by Gasteiger charge is -2.18. The third-order valence-electron chi connectivity index (χ3n) is 3.25. The summed E-state index contributed by atoms with van der Waals surface area (Å²) in [6.07, 6.45) is 0. The van der Waals surface area contributed by atoms with Crippen molar-refractivity contribution in [2.75, 3.05) is 0 Å². The number of aliphatic hydroxyl groups is 1. The number of aryl methyl sites for hydroxylation is 1. The minimum atomic E-state index is -0.776. The third kappa shape index (κ3) is 2.09. The van der Waals surface area contributed by atoms with Crippen LogP contribution in [0.2, 0.25) is 0 Å². The zero-order chi connectivity index (χ0) is 12.8. The van der Waals surface area contributed by atoms with Gasteiger partial charge in [-0.1, -0.05) is 6.07 Å². The molecule has 92 valence electrons. The van der Waals surface area contributed by atoms with E-state index in [2.05, 4.69) is 43.5 Å². The summed E-state index contributed by atoms with van der Waals surface area (Å²) >= 11 is 0. The Balaban J connectivity index is 2.66. The molecule has 2 rings (SSSR count). The highest BCUT2D eigenvalue weighted by Crippen LogP contribution is 2.28. The van der Waals surface area contributed by atoms with Crippen molar-refractivity contribution in [3.05, 3.63) is 35.5 Å². The Morgan fingerprint density at radius 1 is 1.18 bits per heavy atom. The standard InChI is InChI=1S/C15H21NO/c1-10(2)16-11(3)8-12-9-13(15(4,5)17)6-7-14(12)16/h6-10,17H,1-5H3. The molecule has 0 aliphatic rings. The van der Waals surface area contributed by atoms with Gasteiger partial charge in [0, 0.05) is 22.6 Å². The van der Waals surface area contributed by atoms with E-state index >= 15 is 0 Å². The Morgan fingerprint density at radius 3 is 2.35 bits per heavy atom. The summed E-state index contributed by atoms with van der Waals surface area (Å²) in [5.41, 5.74) is 2.70. The van der Waals surface area contributed by atoms with E-state index in [1.54, 1.807) is 0 Å². The number of nitrogens with zero attached hydrogens (tertiary/aromatic N) is 1. The van der Waals surface area contributed by atoms with E-state index < -0.39 is 5.60 Å². The molecular formula is C15H21NO. The molecule has 1 heterocycles. The predicted molar refractivity (Wildman–Crippen MR) is 72.3 cm³/mol. The van der Waals surface area contributed by atoms with Crippen LogP contribution in [-0.2, 0) is 5.60 Å². The van der Waals surface area contributed by atoms with Gasteiger partial charge in [0.1, 0.15) is 0 Å². The predicted octanol–water partition coefficient (Wildman–Crippen LogP) is 3.76. The molecule has 2 aromatic rings. The van der Waals surface area contributed by atoms with Crippen molar-refractivity contribution in [2.24, 2.45) is 0 Å². The second kappa shape index (κ2) is 3.88. The molecule has 0 atom stereocenters. The van der Waals surface area contributed by atoms with E-state index in [1.165, 1.54) is 16.6 Å². The molecule has 2 heteroatoms. The van der Waals surface area contributed by atoms with E-state index in [0.29, 0.717) is 6.04 Å². The monoisotopic (exact) mass is 231 g/mol. The molecule has 0 amide bonds. The molecule has 0 aliphatic carbocycles. The summed E-state index contributed by atoms with van der Waals surface area (Å²) in [6, 6.07) is 8.85. The summed E-state index contributed by atoms with van der Waals surface area (Å²) in [5, 5.41) is 11.2. The van der Waals surface area contributed by atoms with Gasteiger partial charge >= 0.3 is 0 Å². The maximum Gasteiger partial charge on any atom is 0.0840 e. The van der Waals surface area contributed by atoms with Gasteiger partial charge in [0.15, 0.2) is 0 Å². The van der Waals surface area contributed by atoms with Gasteiger partial charge in [-0.3, -0.25) is 0 Å². The van der Waals surface area contributed by atoms with Gasteiger partial charge in [-0.05, 0) is 58.4 Å². The van der Waals surface area contributed by atoms with Crippen molar-refractivity contribution in [3.63, 3.8) is 0 Å². The van der Waals surface area contributed by atoms with E-state index in [9.17, 15) is 5.11 Å². The van der Waals surface area contributed by atoms with E-state index in [4.69, 9.17) is 0 Å². The van der Waals surface area contributed by atoms with Crippen LogP contribution in [0.25, 0.3) is 10.9 Å². The normalized spacial score (nSPS) is 12.6. The van der Waals surface area contributed by atoms with E-state index in [-0.39, 0.29) is 0 Å². The molecule has 0 bridgehead atoms. The largest absolute Gasteiger partial charge is 0.386 e. The molecule has 0 radical (unpaired) electrons. The zero-order valence-corrected chi connectivity index (χ0v) is 11.3. The lowest BCUT2D eigenvalue weighted by molar-refractivity contribution is 0.0787. The number of hydrogen-bond acceptors (Lipinski definition) is 1. The van der Waals surface area contributed by atoms with Crippen LogP contribution < -0.4 is 0 Å². The molecule has 1 aromatic carbocycles. The van der Waals surface area contributed by atoms with Crippen molar-refractivity contribution >= 4 is 10.9 Å². The molecule has 0 saturated heterocycles. The summed E-state index contributed by atoms with van der Waals surface area (Å²) in [7, 11) is 0. The highest BCUT2D eigenvalue weighted by atomic mass is 16.3. The van der Waals surface area contributed by atoms with Crippen LogP contribution in [0, 0.1) is 6.92 Å². The van der Waals surface area contributed by atoms with Crippen molar-refractivity contribution < 1.29 is 5.11 Å². The molecular weight excluding hydrogens is 210 g/mol. The molecule has 0 fully saturated rings. The minimum Gasteiger partial charge on any atom is -0.386 e. The fourth-order valence-corrected chi connectivity index (χ4v) is 2.44. The number of fused-ring (bicyclic) bond motifs is 1. The van der Waals surface area contributed by atoms with Gasteiger partial charge in [0.25, 0.3) is 0 Å². The van der Waals surface area contributed by atoms with Crippen LogP contribution >= 0.6 is 0 Å². The summed E-state index contributed by atoms with van der Waals surface area (Å²) in [4.78, 5) is 0. The van der Waals surface area contributed by atoms with Crippen LogP contribution in [0.3, 0.4) is 0 Å². The molecule has 1 aromatic heterocycles. The van der Waals surface area contributed by atoms with Crippen molar-refractivity contribution in [3.8, 4) is 0 Å². The smallest absolute Gasteiger partial charge is 0.0840 e. The topological polar surface area (TPSA) is 25.2 Å². The second-order valence-corrected chi connectivity index (χ2v) is 5.58. The average Bonchev–Trinajstić information content (AvgIpc) is 2.50. The van der Waals surface area contributed by atoms with E-state index in [1.807, 2.05) is 19.9 Å².